The minimum absolute atomic E-state index is 0.489. The number of hydrogen-bond donors (Lipinski definition) is 1. The lowest BCUT2D eigenvalue weighted by Gasteiger charge is -2.31. The van der Waals surface area contributed by atoms with Gasteiger partial charge in [0.2, 0.25) is 0 Å². The fourth-order valence-corrected chi connectivity index (χ4v) is 2.49. The molecule has 1 saturated heterocycles. The van der Waals surface area contributed by atoms with E-state index in [4.69, 9.17) is 4.74 Å². The number of likely N-dealkylation sites (tertiary alicyclic amines) is 1. The summed E-state index contributed by atoms with van der Waals surface area (Å²) >= 11 is 0. The van der Waals surface area contributed by atoms with E-state index in [1.165, 1.54) is 12.8 Å². The van der Waals surface area contributed by atoms with Crippen LogP contribution in [0.25, 0.3) is 0 Å². The Morgan fingerprint density at radius 3 is 2.89 bits per heavy atom. The highest BCUT2D eigenvalue weighted by molar-refractivity contribution is 5.02. The zero-order valence-corrected chi connectivity index (χ0v) is 11.8. The number of ether oxygens (including phenoxy) is 1. The third-order valence-electron chi connectivity index (χ3n) is 3.57. The second-order valence-electron chi connectivity index (χ2n) is 4.99. The van der Waals surface area contributed by atoms with Gasteiger partial charge in [-0.05, 0) is 31.9 Å². The Kier molecular flexibility index (Phi) is 6.27. The minimum Gasteiger partial charge on any atom is -0.378 e. The molecule has 4 nitrogen and oxygen atoms in total. The highest BCUT2D eigenvalue weighted by Gasteiger charge is 2.18. The summed E-state index contributed by atoms with van der Waals surface area (Å²) in [7, 11) is 0. The largest absolute Gasteiger partial charge is 0.378 e. The molecule has 19 heavy (non-hydrogen) atoms. The molecule has 1 fully saturated rings. The molecule has 0 bridgehead atoms. The number of rotatable bonds is 7. The lowest BCUT2D eigenvalue weighted by molar-refractivity contribution is 0.0145. The molecule has 4 heteroatoms. The zero-order valence-electron chi connectivity index (χ0n) is 11.8. The van der Waals surface area contributed by atoms with Gasteiger partial charge in [0.05, 0.1) is 11.8 Å². The number of aromatic nitrogens is 1. The van der Waals surface area contributed by atoms with Gasteiger partial charge in [-0.3, -0.25) is 4.98 Å². The predicted octanol–water partition coefficient (Wildman–Crippen LogP) is 1.67. The Labute approximate surface area is 116 Å². The van der Waals surface area contributed by atoms with Crippen LogP contribution in [0, 0.1) is 0 Å². The number of piperidine rings is 1. The van der Waals surface area contributed by atoms with E-state index < -0.39 is 0 Å². The topological polar surface area (TPSA) is 37.4 Å². The normalized spacial score (nSPS) is 17.7. The van der Waals surface area contributed by atoms with Gasteiger partial charge >= 0.3 is 0 Å². The molecule has 2 heterocycles. The van der Waals surface area contributed by atoms with Crippen LogP contribution in [0.2, 0.25) is 0 Å². The first kappa shape index (κ1) is 14.4. The molecule has 0 aliphatic carbocycles. The van der Waals surface area contributed by atoms with Crippen molar-refractivity contribution in [1.29, 1.82) is 0 Å². The fourth-order valence-electron chi connectivity index (χ4n) is 2.49. The molecule has 1 aliphatic heterocycles. The first-order valence-corrected chi connectivity index (χ1v) is 7.33. The van der Waals surface area contributed by atoms with Gasteiger partial charge in [0.1, 0.15) is 0 Å². The average molecular weight is 263 g/mol. The quantitative estimate of drug-likeness (QED) is 0.759. The molecular formula is C15H25N3O. The Bertz CT molecular complexity index is 337. The Morgan fingerprint density at radius 1 is 1.37 bits per heavy atom. The summed E-state index contributed by atoms with van der Waals surface area (Å²) in [5.74, 6) is 0. The van der Waals surface area contributed by atoms with Gasteiger partial charge in [-0.1, -0.05) is 6.07 Å². The first-order chi connectivity index (χ1) is 9.38. The Morgan fingerprint density at radius 2 is 2.21 bits per heavy atom. The maximum atomic E-state index is 5.66. The summed E-state index contributed by atoms with van der Waals surface area (Å²) in [6, 6.07) is 6.04. The SMILES string of the molecule is CCOC1CCN(CCNCc2ccccn2)CC1. The number of pyridine rings is 1. The van der Waals surface area contributed by atoms with Crippen molar-refractivity contribution in [2.24, 2.45) is 0 Å². The molecule has 0 unspecified atom stereocenters. The van der Waals surface area contributed by atoms with Crippen molar-refractivity contribution in [2.75, 3.05) is 32.8 Å². The van der Waals surface area contributed by atoms with Gasteiger partial charge in [-0.25, -0.2) is 0 Å². The van der Waals surface area contributed by atoms with E-state index in [0.29, 0.717) is 6.10 Å². The van der Waals surface area contributed by atoms with E-state index in [2.05, 4.69) is 28.2 Å². The summed E-state index contributed by atoms with van der Waals surface area (Å²) in [6.45, 7) is 8.24. The third kappa shape index (κ3) is 5.27. The van der Waals surface area contributed by atoms with Crippen molar-refractivity contribution in [1.82, 2.24) is 15.2 Å². The van der Waals surface area contributed by atoms with Crippen molar-refractivity contribution >= 4 is 0 Å². The highest BCUT2D eigenvalue weighted by Crippen LogP contribution is 2.12. The number of hydrogen-bond acceptors (Lipinski definition) is 4. The Hall–Kier alpha value is -0.970. The van der Waals surface area contributed by atoms with Crippen LogP contribution in [0.15, 0.2) is 24.4 Å². The second-order valence-corrected chi connectivity index (χ2v) is 4.99. The number of nitrogens with one attached hydrogen (secondary N) is 1. The van der Waals surface area contributed by atoms with Crippen molar-refractivity contribution in [3.63, 3.8) is 0 Å². The third-order valence-corrected chi connectivity index (χ3v) is 3.57. The molecule has 0 amide bonds. The van der Waals surface area contributed by atoms with Gasteiger partial charge in [-0.15, -0.1) is 0 Å². The monoisotopic (exact) mass is 263 g/mol. The lowest BCUT2D eigenvalue weighted by atomic mass is 10.1. The van der Waals surface area contributed by atoms with E-state index in [1.54, 1.807) is 0 Å². The van der Waals surface area contributed by atoms with Crippen LogP contribution in [0.3, 0.4) is 0 Å². The molecule has 0 saturated carbocycles. The maximum Gasteiger partial charge on any atom is 0.0599 e. The van der Waals surface area contributed by atoms with E-state index in [9.17, 15) is 0 Å². The summed E-state index contributed by atoms with van der Waals surface area (Å²) in [5, 5.41) is 3.45. The molecule has 1 aliphatic rings. The molecule has 0 aromatic carbocycles. The van der Waals surface area contributed by atoms with Crippen molar-refractivity contribution < 1.29 is 4.74 Å². The summed E-state index contributed by atoms with van der Waals surface area (Å²) in [6.07, 6.45) is 4.68. The van der Waals surface area contributed by atoms with Crippen LogP contribution >= 0.6 is 0 Å². The van der Waals surface area contributed by atoms with Crippen molar-refractivity contribution in [2.45, 2.75) is 32.4 Å². The Balaban J connectivity index is 1.55. The predicted molar refractivity (Wildman–Crippen MR) is 77.0 cm³/mol. The minimum atomic E-state index is 0.489. The molecule has 0 spiro atoms. The number of nitrogens with zero attached hydrogens (tertiary/aromatic N) is 2. The molecule has 1 aromatic heterocycles. The summed E-state index contributed by atoms with van der Waals surface area (Å²) in [4.78, 5) is 6.82. The highest BCUT2D eigenvalue weighted by atomic mass is 16.5. The van der Waals surface area contributed by atoms with Crippen LogP contribution in [0.5, 0.6) is 0 Å². The van der Waals surface area contributed by atoms with Gasteiger partial charge in [0.15, 0.2) is 0 Å². The van der Waals surface area contributed by atoms with E-state index in [0.717, 1.165) is 45.0 Å². The molecular weight excluding hydrogens is 238 g/mol. The zero-order chi connectivity index (χ0) is 13.3. The summed E-state index contributed by atoms with van der Waals surface area (Å²) < 4.78 is 5.66. The molecule has 2 rings (SSSR count). The van der Waals surface area contributed by atoms with Crippen LogP contribution in [-0.2, 0) is 11.3 Å². The van der Waals surface area contributed by atoms with Crippen molar-refractivity contribution in [3.8, 4) is 0 Å². The van der Waals surface area contributed by atoms with E-state index in [-0.39, 0.29) is 0 Å². The van der Waals surface area contributed by atoms with Crippen LogP contribution in [-0.4, -0.2) is 48.8 Å². The second kappa shape index (κ2) is 8.25. The van der Waals surface area contributed by atoms with E-state index >= 15 is 0 Å². The molecule has 106 valence electrons. The fraction of sp³-hybridized carbons (Fsp3) is 0.667. The molecule has 0 radical (unpaired) electrons. The van der Waals surface area contributed by atoms with Gasteiger partial charge in [0.25, 0.3) is 0 Å². The van der Waals surface area contributed by atoms with Crippen molar-refractivity contribution in [3.05, 3.63) is 30.1 Å². The van der Waals surface area contributed by atoms with Crippen LogP contribution in [0.4, 0.5) is 0 Å². The van der Waals surface area contributed by atoms with Crippen LogP contribution < -0.4 is 5.32 Å². The van der Waals surface area contributed by atoms with Gasteiger partial charge < -0.3 is 15.0 Å². The van der Waals surface area contributed by atoms with Crippen LogP contribution in [0.1, 0.15) is 25.5 Å². The molecule has 1 N–H and O–H groups in total. The van der Waals surface area contributed by atoms with Gasteiger partial charge in [-0.2, -0.15) is 0 Å². The molecule has 1 aromatic rings. The summed E-state index contributed by atoms with van der Waals surface area (Å²) in [5.41, 5.74) is 1.11. The lowest BCUT2D eigenvalue weighted by Crippen LogP contribution is -2.40. The smallest absolute Gasteiger partial charge is 0.0599 e. The van der Waals surface area contributed by atoms with Gasteiger partial charge in [0, 0.05) is 45.5 Å². The average Bonchev–Trinajstić information content (AvgIpc) is 2.47. The standard InChI is InChI=1S/C15H25N3O/c1-2-19-15-6-10-18(11-7-15)12-9-16-13-14-5-3-4-8-17-14/h3-5,8,15-16H,2,6-7,9-13H2,1H3. The maximum absolute atomic E-state index is 5.66. The first-order valence-electron chi connectivity index (χ1n) is 7.33. The van der Waals surface area contributed by atoms with E-state index in [1.807, 2.05) is 18.3 Å². The molecule has 0 atom stereocenters.